The zero-order valence-electron chi connectivity index (χ0n) is 11.0. The molecule has 1 heterocycles. The molecule has 106 valence electrons. The molecule has 0 saturated carbocycles. The van der Waals surface area contributed by atoms with Crippen molar-refractivity contribution in [2.45, 2.75) is 19.4 Å². The van der Waals surface area contributed by atoms with E-state index in [1.807, 2.05) is 6.92 Å². The number of hydrogen-bond acceptors (Lipinski definition) is 2. The third-order valence-corrected chi connectivity index (χ3v) is 2.93. The molecule has 1 aromatic carbocycles. The number of nitrogens with zero attached hydrogens (tertiary/aromatic N) is 1. The largest absolute Gasteiger partial charge is 0.305 e. The summed E-state index contributed by atoms with van der Waals surface area (Å²) in [7, 11) is 0. The highest BCUT2D eigenvalue weighted by Gasteiger charge is 2.22. The third-order valence-electron chi connectivity index (χ3n) is 2.93. The van der Waals surface area contributed by atoms with E-state index in [9.17, 15) is 13.2 Å². The fourth-order valence-corrected chi connectivity index (χ4v) is 1.99. The van der Waals surface area contributed by atoms with Crippen LogP contribution in [0, 0.1) is 17.5 Å². The molecule has 2 aromatic rings. The second kappa shape index (κ2) is 6.52. The van der Waals surface area contributed by atoms with Crippen LogP contribution in [-0.4, -0.2) is 11.5 Å². The van der Waals surface area contributed by atoms with Gasteiger partial charge in [-0.15, -0.1) is 0 Å². The maximum atomic E-state index is 13.9. The van der Waals surface area contributed by atoms with Gasteiger partial charge in [0.25, 0.3) is 0 Å². The van der Waals surface area contributed by atoms with E-state index in [1.165, 1.54) is 30.3 Å². The van der Waals surface area contributed by atoms with Crippen LogP contribution in [0.1, 0.15) is 30.6 Å². The van der Waals surface area contributed by atoms with Crippen LogP contribution < -0.4 is 5.32 Å². The molecular weight excluding hydrogens is 265 g/mol. The Morgan fingerprint density at radius 2 is 1.80 bits per heavy atom. The van der Waals surface area contributed by atoms with Crippen LogP contribution in [0.15, 0.2) is 36.5 Å². The molecule has 1 unspecified atom stereocenters. The van der Waals surface area contributed by atoms with Crippen LogP contribution in [0.4, 0.5) is 13.2 Å². The van der Waals surface area contributed by atoms with Gasteiger partial charge in [0.2, 0.25) is 0 Å². The second-order valence-electron chi connectivity index (χ2n) is 4.42. The van der Waals surface area contributed by atoms with Crippen molar-refractivity contribution in [3.8, 4) is 0 Å². The first-order valence-corrected chi connectivity index (χ1v) is 6.42. The summed E-state index contributed by atoms with van der Waals surface area (Å²) in [6, 6.07) is 5.61. The van der Waals surface area contributed by atoms with E-state index in [4.69, 9.17) is 0 Å². The van der Waals surface area contributed by atoms with Gasteiger partial charge in [-0.1, -0.05) is 13.0 Å². The van der Waals surface area contributed by atoms with Crippen LogP contribution in [0.5, 0.6) is 0 Å². The minimum atomic E-state index is -0.739. The number of rotatable bonds is 5. The van der Waals surface area contributed by atoms with Gasteiger partial charge in [-0.05, 0) is 37.2 Å². The molecule has 2 rings (SSSR count). The van der Waals surface area contributed by atoms with Crippen molar-refractivity contribution in [2.75, 3.05) is 6.54 Å². The summed E-state index contributed by atoms with van der Waals surface area (Å²) in [5, 5.41) is 3.04. The summed E-state index contributed by atoms with van der Waals surface area (Å²) in [6.45, 7) is 2.51. The Hall–Kier alpha value is -1.88. The molecular formula is C15H15F3N2. The van der Waals surface area contributed by atoms with Crippen molar-refractivity contribution in [3.05, 3.63) is 65.2 Å². The van der Waals surface area contributed by atoms with Gasteiger partial charge in [0.15, 0.2) is 0 Å². The third kappa shape index (κ3) is 3.17. The highest BCUT2D eigenvalue weighted by Crippen LogP contribution is 2.25. The fraction of sp³-hybridized carbons (Fsp3) is 0.267. The van der Waals surface area contributed by atoms with E-state index in [0.29, 0.717) is 12.2 Å². The lowest BCUT2D eigenvalue weighted by atomic mass is 10.0. The topological polar surface area (TPSA) is 24.9 Å². The summed E-state index contributed by atoms with van der Waals surface area (Å²) in [4.78, 5) is 3.92. The average Bonchev–Trinajstić information content (AvgIpc) is 2.43. The highest BCUT2D eigenvalue weighted by atomic mass is 19.1. The predicted octanol–water partition coefficient (Wildman–Crippen LogP) is 3.59. The van der Waals surface area contributed by atoms with Gasteiger partial charge < -0.3 is 5.32 Å². The van der Waals surface area contributed by atoms with Crippen molar-refractivity contribution >= 4 is 0 Å². The summed E-state index contributed by atoms with van der Waals surface area (Å²) < 4.78 is 40.8. The molecule has 0 bridgehead atoms. The smallest absolute Gasteiger partial charge is 0.141 e. The highest BCUT2D eigenvalue weighted by molar-refractivity contribution is 5.30. The molecule has 1 atom stereocenters. The molecule has 20 heavy (non-hydrogen) atoms. The van der Waals surface area contributed by atoms with Crippen molar-refractivity contribution < 1.29 is 13.2 Å². The number of nitrogens with one attached hydrogen (secondary N) is 1. The standard InChI is InChI=1S/C15H15F3N2/c1-2-8-19-15(13-7-6-10(16)9-20-13)14-11(17)4-3-5-12(14)18/h3-7,9,15,19H,2,8H2,1H3. The normalized spacial score (nSPS) is 12.4. The summed E-state index contributed by atoms with van der Waals surface area (Å²) in [6.07, 6.45) is 1.84. The van der Waals surface area contributed by atoms with Gasteiger partial charge in [-0.3, -0.25) is 4.98 Å². The molecule has 1 N–H and O–H groups in total. The van der Waals surface area contributed by atoms with Crippen LogP contribution >= 0.6 is 0 Å². The molecule has 0 radical (unpaired) electrons. The van der Waals surface area contributed by atoms with Crippen LogP contribution in [0.2, 0.25) is 0 Å². The lowest BCUT2D eigenvalue weighted by Gasteiger charge is -2.19. The Labute approximate surface area is 115 Å². The number of hydrogen-bond donors (Lipinski definition) is 1. The van der Waals surface area contributed by atoms with Gasteiger partial charge in [0.1, 0.15) is 17.5 Å². The molecule has 1 aromatic heterocycles. The second-order valence-corrected chi connectivity index (χ2v) is 4.42. The van der Waals surface area contributed by atoms with E-state index in [1.54, 1.807) is 0 Å². The molecule has 0 aliphatic carbocycles. The van der Waals surface area contributed by atoms with Crippen LogP contribution in [0.3, 0.4) is 0 Å². The Balaban J connectivity index is 2.44. The minimum absolute atomic E-state index is 0.0972. The molecule has 0 saturated heterocycles. The Morgan fingerprint density at radius 3 is 2.35 bits per heavy atom. The van der Waals surface area contributed by atoms with Gasteiger partial charge in [0, 0.05) is 5.56 Å². The maximum absolute atomic E-state index is 13.9. The molecule has 0 amide bonds. The quantitative estimate of drug-likeness (QED) is 0.905. The van der Waals surface area contributed by atoms with Gasteiger partial charge in [-0.2, -0.15) is 0 Å². The fourth-order valence-electron chi connectivity index (χ4n) is 1.99. The molecule has 5 heteroatoms. The first-order chi connectivity index (χ1) is 9.63. The Kier molecular flexibility index (Phi) is 4.74. The molecule has 0 aliphatic heterocycles. The minimum Gasteiger partial charge on any atom is -0.305 e. The number of pyridine rings is 1. The van der Waals surface area contributed by atoms with Gasteiger partial charge in [-0.25, -0.2) is 13.2 Å². The summed E-state index contributed by atoms with van der Waals surface area (Å²) >= 11 is 0. The van der Waals surface area contributed by atoms with E-state index >= 15 is 0 Å². The monoisotopic (exact) mass is 280 g/mol. The molecule has 0 aliphatic rings. The van der Waals surface area contributed by atoms with E-state index in [0.717, 1.165) is 12.6 Å². The van der Waals surface area contributed by atoms with Crippen molar-refractivity contribution in [2.24, 2.45) is 0 Å². The van der Waals surface area contributed by atoms with E-state index in [2.05, 4.69) is 10.3 Å². The number of aromatic nitrogens is 1. The van der Waals surface area contributed by atoms with Crippen molar-refractivity contribution in [3.63, 3.8) is 0 Å². The average molecular weight is 280 g/mol. The number of halogens is 3. The van der Waals surface area contributed by atoms with Crippen molar-refractivity contribution in [1.29, 1.82) is 0 Å². The Morgan fingerprint density at radius 1 is 1.10 bits per heavy atom. The van der Waals surface area contributed by atoms with Crippen LogP contribution in [0.25, 0.3) is 0 Å². The maximum Gasteiger partial charge on any atom is 0.141 e. The Bertz CT molecular complexity index is 550. The predicted molar refractivity (Wildman–Crippen MR) is 70.7 cm³/mol. The van der Waals surface area contributed by atoms with Crippen molar-refractivity contribution in [1.82, 2.24) is 10.3 Å². The van der Waals surface area contributed by atoms with Gasteiger partial charge in [0.05, 0.1) is 17.9 Å². The first-order valence-electron chi connectivity index (χ1n) is 6.42. The zero-order chi connectivity index (χ0) is 14.5. The summed E-state index contributed by atoms with van der Waals surface area (Å²) in [5.41, 5.74) is 0.281. The lowest BCUT2D eigenvalue weighted by Crippen LogP contribution is -2.26. The lowest BCUT2D eigenvalue weighted by molar-refractivity contribution is 0.496. The van der Waals surface area contributed by atoms with E-state index < -0.39 is 23.5 Å². The van der Waals surface area contributed by atoms with Crippen LogP contribution in [-0.2, 0) is 0 Å². The van der Waals surface area contributed by atoms with E-state index in [-0.39, 0.29) is 5.56 Å². The molecule has 0 fully saturated rings. The number of benzene rings is 1. The first kappa shape index (κ1) is 14.5. The van der Waals surface area contributed by atoms with Gasteiger partial charge >= 0.3 is 0 Å². The molecule has 0 spiro atoms. The molecule has 2 nitrogen and oxygen atoms in total. The SMILES string of the molecule is CCCNC(c1ccc(F)cn1)c1c(F)cccc1F. The zero-order valence-corrected chi connectivity index (χ0v) is 11.0. The summed E-state index contributed by atoms with van der Waals surface area (Å²) in [5.74, 6) is -1.79.